The van der Waals surface area contributed by atoms with Gasteiger partial charge in [0.2, 0.25) is 0 Å². The summed E-state index contributed by atoms with van der Waals surface area (Å²) in [6, 6.07) is 24.4. The Labute approximate surface area is 167 Å². The first kappa shape index (κ1) is 18.2. The van der Waals surface area contributed by atoms with Crippen molar-refractivity contribution < 1.29 is 21.1 Å². The molecule has 4 rings (SSSR count). The van der Waals surface area contributed by atoms with Gasteiger partial charge in [-0.05, 0) is 54.4 Å². The fourth-order valence-electron chi connectivity index (χ4n) is 2.73. The number of rotatable bonds is 3. The minimum atomic E-state index is 0. The Bertz CT molecular complexity index is 927. The Hall–Kier alpha value is -2.64. The SMILES string of the molecule is Cc1ccc(-c2cc(-c3ccccn3)nc(-c3ccccn3)c2)cc1.[Pt+2]. The number of aromatic nitrogens is 3. The smallest absolute Gasteiger partial charge is 0.255 e. The van der Waals surface area contributed by atoms with E-state index in [1.165, 1.54) is 5.56 Å². The van der Waals surface area contributed by atoms with Crippen molar-refractivity contribution in [2.45, 2.75) is 6.92 Å². The van der Waals surface area contributed by atoms with Gasteiger partial charge in [0.25, 0.3) is 0 Å². The second-order valence-electron chi connectivity index (χ2n) is 5.92. The molecule has 0 spiro atoms. The Kier molecular flexibility index (Phi) is 5.70. The molecule has 3 aromatic heterocycles. The summed E-state index contributed by atoms with van der Waals surface area (Å²) in [5.74, 6) is 0. The maximum absolute atomic E-state index is 4.79. The third-order valence-electron chi connectivity index (χ3n) is 4.06. The largest absolute Gasteiger partial charge is 2.00 e. The Morgan fingerprint density at radius 2 is 1.12 bits per heavy atom. The van der Waals surface area contributed by atoms with E-state index in [0.29, 0.717) is 0 Å². The van der Waals surface area contributed by atoms with Gasteiger partial charge in [0.1, 0.15) is 0 Å². The van der Waals surface area contributed by atoms with E-state index in [4.69, 9.17) is 4.98 Å². The van der Waals surface area contributed by atoms with Crippen molar-refractivity contribution in [3.05, 3.63) is 90.8 Å². The van der Waals surface area contributed by atoms with Gasteiger partial charge in [0.05, 0.1) is 22.8 Å². The summed E-state index contributed by atoms with van der Waals surface area (Å²) in [4.78, 5) is 13.7. The van der Waals surface area contributed by atoms with Crippen molar-refractivity contribution >= 4 is 0 Å². The van der Waals surface area contributed by atoms with Crippen LogP contribution in [0.4, 0.5) is 0 Å². The Morgan fingerprint density at radius 1 is 0.577 bits per heavy atom. The van der Waals surface area contributed by atoms with Crippen molar-refractivity contribution in [3.63, 3.8) is 0 Å². The van der Waals surface area contributed by atoms with Crippen LogP contribution >= 0.6 is 0 Å². The average Bonchev–Trinajstić information content (AvgIpc) is 2.69. The van der Waals surface area contributed by atoms with Crippen molar-refractivity contribution in [1.82, 2.24) is 15.0 Å². The summed E-state index contributed by atoms with van der Waals surface area (Å²) in [6.45, 7) is 2.09. The molecular weight excluding hydrogens is 501 g/mol. The molecule has 4 heteroatoms. The van der Waals surface area contributed by atoms with Crippen LogP contribution in [0.5, 0.6) is 0 Å². The molecule has 3 nitrogen and oxygen atoms in total. The quantitative estimate of drug-likeness (QED) is 0.375. The molecule has 1 aromatic carbocycles. The number of hydrogen-bond donors (Lipinski definition) is 0. The van der Waals surface area contributed by atoms with Gasteiger partial charge in [-0.2, -0.15) is 0 Å². The number of benzene rings is 1. The molecule has 0 unspecified atom stereocenters. The Balaban J connectivity index is 0.00000196. The molecule has 128 valence electrons. The topological polar surface area (TPSA) is 38.7 Å². The first-order valence-electron chi connectivity index (χ1n) is 8.21. The minimum absolute atomic E-state index is 0. The standard InChI is InChI=1S/C22H17N3.Pt/c1-16-8-10-17(11-9-16)18-14-21(19-6-2-4-12-23-19)25-22(15-18)20-7-3-5-13-24-20;/h2-15H,1H3;/q;+2. The molecule has 0 N–H and O–H groups in total. The van der Waals surface area contributed by atoms with Crippen LogP contribution in [-0.4, -0.2) is 15.0 Å². The molecule has 0 bridgehead atoms. The fraction of sp³-hybridized carbons (Fsp3) is 0.0455. The average molecular weight is 518 g/mol. The van der Waals surface area contributed by atoms with E-state index in [1.54, 1.807) is 12.4 Å². The van der Waals surface area contributed by atoms with Gasteiger partial charge in [-0.15, -0.1) is 0 Å². The van der Waals surface area contributed by atoms with Crippen LogP contribution in [0.25, 0.3) is 33.9 Å². The molecule has 0 aliphatic heterocycles. The third-order valence-corrected chi connectivity index (χ3v) is 4.06. The number of hydrogen-bond acceptors (Lipinski definition) is 3. The predicted molar refractivity (Wildman–Crippen MR) is 101 cm³/mol. The third kappa shape index (κ3) is 3.95. The molecule has 0 aliphatic rings. The number of nitrogens with zero attached hydrogens (tertiary/aromatic N) is 3. The molecule has 4 aromatic rings. The van der Waals surface area contributed by atoms with E-state index >= 15 is 0 Å². The number of pyridine rings is 3. The van der Waals surface area contributed by atoms with Crippen LogP contribution in [0.2, 0.25) is 0 Å². The molecule has 0 atom stereocenters. The zero-order chi connectivity index (χ0) is 17.1. The summed E-state index contributed by atoms with van der Waals surface area (Å²) >= 11 is 0. The van der Waals surface area contributed by atoms with Gasteiger partial charge in [0.15, 0.2) is 0 Å². The van der Waals surface area contributed by atoms with E-state index < -0.39 is 0 Å². The summed E-state index contributed by atoms with van der Waals surface area (Å²) in [5.41, 5.74) is 6.91. The van der Waals surface area contributed by atoms with Crippen molar-refractivity contribution in [2.75, 3.05) is 0 Å². The van der Waals surface area contributed by atoms with Gasteiger partial charge in [-0.1, -0.05) is 42.0 Å². The molecule has 0 amide bonds. The van der Waals surface area contributed by atoms with E-state index in [1.807, 2.05) is 36.4 Å². The van der Waals surface area contributed by atoms with Crippen LogP contribution in [-0.2, 0) is 21.1 Å². The molecule has 0 fully saturated rings. The first-order valence-corrected chi connectivity index (χ1v) is 8.21. The van der Waals surface area contributed by atoms with Crippen LogP contribution in [0.15, 0.2) is 85.2 Å². The van der Waals surface area contributed by atoms with Gasteiger partial charge >= 0.3 is 21.1 Å². The van der Waals surface area contributed by atoms with Crippen LogP contribution in [0, 0.1) is 6.92 Å². The maximum Gasteiger partial charge on any atom is 2.00 e. The van der Waals surface area contributed by atoms with Crippen molar-refractivity contribution in [3.8, 4) is 33.9 Å². The zero-order valence-electron chi connectivity index (χ0n) is 14.2. The van der Waals surface area contributed by atoms with Crippen LogP contribution < -0.4 is 0 Å². The van der Waals surface area contributed by atoms with Gasteiger partial charge < -0.3 is 0 Å². The van der Waals surface area contributed by atoms with Crippen LogP contribution in [0.3, 0.4) is 0 Å². The van der Waals surface area contributed by atoms with E-state index in [-0.39, 0.29) is 21.1 Å². The monoisotopic (exact) mass is 518 g/mol. The summed E-state index contributed by atoms with van der Waals surface area (Å²) in [5, 5.41) is 0. The summed E-state index contributed by atoms with van der Waals surface area (Å²) < 4.78 is 0. The Morgan fingerprint density at radius 3 is 1.58 bits per heavy atom. The molecule has 0 radical (unpaired) electrons. The van der Waals surface area contributed by atoms with Gasteiger partial charge in [-0.3, -0.25) is 9.97 Å². The second kappa shape index (κ2) is 8.16. The molecule has 0 saturated heterocycles. The normalized spacial score (nSPS) is 10.2. The van der Waals surface area contributed by atoms with Crippen molar-refractivity contribution in [2.24, 2.45) is 0 Å². The van der Waals surface area contributed by atoms with Crippen molar-refractivity contribution in [1.29, 1.82) is 0 Å². The van der Waals surface area contributed by atoms with Gasteiger partial charge in [-0.25, -0.2) is 4.98 Å². The van der Waals surface area contributed by atoms with Crippen LogP contribution in [0.1, 0.15) is 5.56 Å². The zero-order valence-corrected chi connectivity index (χ0v) is 16.5. The predicted octanol–water partition coefficient (Wildman–Crippen LogP) is 5.18. The first-order chi connectivity index (χ1) is 12.3. The molecule has 0 saturated carbocycles. The maximum atomic E-state index is 4.79. The van der Waals surface area contributed by atoms with E-state index in [2.05, 4.69) is 53.3 Å². The fourth-order valence-corrected chi connectivity index (χ4v) is 2.73. The molecule has 26 heavy (non-hydrogen) atoms. The van der Waals surface area contributed by atoms with E-state index in [9.17, 15) is 0 Å². The molecular formula is C22H17N3Pt+2. The minimum Gasteiger partial charge on any atom is -0.255 e. The second-order valence-corrected chi connectivity index (χ2v) is 5.92. The van der Waals surface area contributed by atoms with Gasteiger partial charge in [0, 0.05) is 12.4 Å². The summed E-state index contributed by atoms with van der Waals surface area (Å²) in [6.07, 6.45) is 3.58. The summed E-state index contributed by atoms with van der Waals surface area (Å²) in [7, 11) is 0. The number of aryl methyl sites for hydroxylation is 1. The molecule has 3 heterocycles. The van der Waals surface area contributed by atoms with E-state index in [0.717, 1.165) is 33.9 Å². The molecule has 0 aliphatic carbocycles.